The highest BCUT2D eigenvalue weighted by Crippen LogP contribution is 2.34. The molecule has 1 saturated heterocycles. The highest BCUT2D eigenvalue weighted by atomic mass is 15.2. The lowest BCUT2D eigenvalue weighted by Gasteiger charge is -2.36. The van der Waals surface area contributed by atoms with Crippen LogP contribution in [0.2, 0.25) is 0 Å². The van der Waals surface area contributed by atoms with E-state index in [1.54, 1.807) is 0 Å². The van der Waals surface area contributed by atoms with Gasteiger partial charge in [0, 0.05) is 18.8 Å². The predicted molar refractivity (Wildman–Crippen MR) is 60.2 cm³/mol. The van der Waals surface area contributed by atoms with Gasteiger partial charge in [0.25, 0.3) is 0 Å². The molecule has 2 heteroatoms. The molecular weight excluding hydrogens is 172 g/mol. The summed E-state index contributed by atoms with van der Waals surface area (Å²) >= 11 is 0. The van der Waals surface area contributed by atoms with E-state index in [1.807, 2.05) is 0 Å². The molecule has 1 aliphatic heterocycles. The zero-order valence-corrected chi connectivity index (χ0v) is 9.44. The van der Waals surface area contributed by atoms with Crippen molar-refractivity contribution in [1.82, 2.24) is 10.6 Å². The van der Waals surface area contributed by atoms with Crippen molar-refractivity contribution in [3.05, 3.63) is 0 Å². The molecule has 0 radical (unpaired) electrons. The van der Waals surface area contributed by atoms with Crippen LogP contribution >= 0.6 is 0 Å². The Kier molecular flexibility index (Phi) is 3.45. The van der Waals surface area contributed by atoms with Crippen LogP contribution in [0.3, 0.4) is 0 Å². The van der Waals surface area contributed by atoms with Crippen molar-refractivity contribution in [1.29, 1.82) is 0 Å². The van der Waals surface area contributed by atoms with E-state index in [4.69, 9.17) is 0 Å². The summed E-state index contributed by atoms with van der Waals surface area (Å²) in [6, 6.07) is 0. The van der Waals surface area contributed by atoms with Gasteiger partial charge in [-0.1, -0.05) is 32.6 Å². The maximum atomic E-state index is 3.71. The molecule has 0 spiro atoms. The van der Waals surface area contributed by atoms with Gasteiger partial charge in [-0.05, 0) is 25.2 Å². The van der Waals surface area contributed by atoms with Crippen LogP contribution in [0.4, 0.5) is 0 Å². The largest absolute Gasteiger partial charge is 0.303 e. The van der Waals surface area contributed by atoms with Crippen molar-refractivity contribution in [2.45, 2.75) is 57.4 Å². The Morgan fingerprint density at radius 1 is 1.14 bits per heavy atom. The van der Waals surface area contributed by atoms with Crippen LogP contribution in [0.15, 0.2) is 0 Å². The first-order valence-electron chi connectivity index (χ1n) is 6.33. The number of nitrogens with one attached hydrogen (secondary N) is 2. The molecule has 1 saturated carbocycles. The van der Waals surface area contributed by atoms with Gasteiger partial charge in [0.05, 0.1) is 0 Å². The summed E-state index contributed by atoms with van der Waals surface area (Å²) in [5.41, 5.74) is 0.435. The lowest BCUT2D eigenvalue weighted by atomic mass is 9.78. The van der Waals surface area contributed by atoms with Gasteiger partial charge in [-0.2, -0.15) is 0 Å². The summed E-state index contributed by atoms with van der Waals surface area (Å²) in [4.78, 5) is 0. The highest BCUT2D eigenvalue weighted by Gasteiger charge is 2.38. The van der Waals surface area contributed by atoms with Crippen molar-refractivity contribution >= 4 is 0 Å². The summed E-state index contributed by atoms with van der Waals surface area (Å²) < 4.78 is 0. The van der Waals surface area contributed by atoms with E-state index in [1.165, 1.54) is 51.5 Å². The molecule has 2 aliphatic rings. The van der Waals surface area contributed by atoms with Crippen LogP contribution in [-0.4, -0.2) is 18.8 Å². The second kappa shape index (κ2) is 4.63. The molecule has 2 N–H and O–H groups in total. The summed E-state index contributed by atoms with van der Waals surface area (Å²) in [5, 5.41) is 7.18. The van der Waals surface area contributed by atoms with Crippen molar-refractivity contribution < 1.29 is 0 Å². The zero-order chi connectivity index (χ0) is 9.86. The SMILES string of the molecule is CCC1(C2CCCCCC2)CNCN1. The molecule has 0 amide bonds. The van der Waals surface area contributed by atoms with E-state index in [0.29, 0.717) is 5.54 Å². The third-order valence-corrected chi connectivity index (χ3v) is 4.27. The van der Waals surface area contributed by atoms with Crippen molar-refractivity contribution in [3.63, 3.8) is 0 Å². The molecule has 14 heavy (non-hydrogen) atoms. The lowest BCUT2D eigenvalue weighted by Crippen LogP contribution is -2.48. The van der Waals surface area contributed by atoms with Crippen LogP contribution in [0.1, 0.15) is 51.9 Å². The van der Waals surface area contributed by atoms with Crippen molar-refractivity contribution in [3.8, 4) is 0 Å². The van der Waals surface area contributed by atoms with E-state index >= 15 is 0 Å². The summed E-state index contributed by atoms with van der Waals surface area (Å²) in [5.74, 6) is 0.921. The van der Waals surface area contributed by atoms with Gasteiger partial charge in [0.1, 0.15) is 0 Å². The van der Waals surface area contributed by atoms with E-state index < -0.39 is 0 Å². The maximum Gasteiger partial charge on any atom is 0.0459 e. The molecule has 0 aromatic rings. The second-order valence-corrected chi connectivity index (χ2v) is 4.98. The Morgan fingerprint density at radius 3 is 2.36 bits per heavy atom. The molecule has 1 heterocycles. The maximum absolute atomic E-state index is 3.71. The minimum atomic E-state index is 0.435. The Hall–Kier alpha value is -0.0800. The fourth-order valence-electron chi connectivity index (χ4n) is 3.25. The molecular formula is C12H24N2. The van der Waals surface area contributed by atoms with E-state index in [9.17, 15) is 0 Å². The first kappa shape index (κ1) is 10.4. The standard InChI is InChI=1S/C12H24N2/c1-2-12(9-13-10-14-12)11-7-5-3-4-6-8-11/h11,13-14H,2-10H2,1H3. The first-order valence-corrected chi connectivity index (χ1v) is 6.33. The van der Waals surface area contributed by atoms with E-state index in [-0.39, 0.29) is 0 Å². The average Bonchev–Trinajstić information content (AvgIpc) is 2.54. The quantitative estimate of drug-likeness (QED) is 0.662. The molecule has 0 aromatic heterocycles. The van der Waals surface area contributed by atoms with Gasteiger partial charge in [-0.3, -0.25) is 5.32 Å². The van der Waals surface area contributed by atoms with Gasteiger partial charge in [-0.15, -0.1) is 0 Å². The Balaban J connectivity index is 2.01. The molecule has 82 valence electrons. The molecule has 2 fully saturated rings. The fraction of sp³-hybridized carbons (Fsp3) is 1.00. The monoisotopic (exact) mass is 196 g/mol. The van der Waals surface area contributed by atoms with Crippen molar-refractivity contribution in [2.24, 2.45) is 5.92 Å². The Labute approximate surface area is 87.8 Å². The van der Waals surface area contributed by atoms with Gasteiger partial charge < -0.3 is 5.32 Å². The Bertz CT molecular complexity index is 165. The number of rotatable bonds is 2. The summed E-state index contributed by atoms with van der Waals surface area (Å²) in [6.45, 7) is 4.55. The van der Waals surface area contributed by atoms with Crippen LogP contribution < -0.4 is 10.6 Å². The first-order chi connectivity index (χ1) is 6.87. The molecule has 2 rings (SSSR count). The third-order valence-electron chi connectivity index (χ3n) is 4.27. The van der Waals surface area contributed by atoms with Crippen LogP contribution in [-0.2, 0) is 0 Å². The number of hydrogen-bond donors (Lipinski definition) is 2. The molecule has 0 aromatic carbocycles. The minimum Gasteiger partial charge on any atom is -0.303 e. The molecule has 0 bridgehead atoms. The minimum absolute atomic E-state index is 0.435. The van der Waals surface area contributed by atoms with Crippen LogP contribution in [0.25, 0.3) is 0 Å². The van der Waals surface area contributed by atoms with Crippen LogP contribution in [0, 0.1) is 5.92 Å². The summed E-state index contributed by atoms with van der Waals surface area (Å²) in [7, 11) is 0. The summed E-state index contributed by atoms with van der Waals surface area (Å²) in [6.07, 6.45) is 10.0. The predicted octanol–water partition coefficient (Wildman–Crippen LogP) is 2.26. The van der Waals surface area contributed by atoms with E-state index in [2.05, 4.69) is 17.6 Å². The Morgan fingerprint density at radius 2 is 1.86 bits per heavy atom. The topological polar surface area (TPSA) is 24.1 Å². The average molecular weight is 196 g/mol. The fourth-order valence-corrected chi connectivity index (χ4v) is 3.25. The number of hydrogen-bond acceptors (Lipinski definition) is 2. The second-order valence-electron chi connectivity index (χ2n) is 4.98. The zero-order valence-electron chi connectivity index (χ0n) is 9.44. The molecule has 2 nitrogen and oxygen atoms in total. The van der Waals surface area contributed by atoms with Gasteiger partial charge in [-0.25, -0.2) is 0 Å². The normalized spacial score (nSPS) is 35.8. The van der Waals surface area contributed by atoms with Gasteiger partial charge in [0.2, 0.25) is 0 Å². The lowest BCUT2D eigenvalue weighted by molar-refractivity contribution is 0.220. The smallest absolute Gasteiger partial charge is 0.0459 e. The van der Waals surface area contributed by atoms with Crippen LogP contribution in [0.5, 0.6) is 0 Å². The molecule has 1 atom stereocenters. The van der Waals surface area contributed by atoms with Gasteiger partial charge in [0.15, 0.2) is 0 Å². The van der Waals surface area contributed by atoms with E-state index in [0.717, 1.165) is 12.6 Å². The van der Waals surface area contributed by atoms with Crippen molar-refractivity contribution in [2.75, 3.05) is 13.2 Å². The third kappa shape index (κ3) is 1.96. The highest BCUT2D eigenvalue weighted by molar-refractivity contribution is 4.99. The molecule has 1 aliphatic carbocycles. The molecule has 1 unspecified atom stereocenters. The van der Waals surface area contributed by atoms with Gasteiger partial charge >= 0.3 is 0 Å².